The molecule has 0 radical (unpaired) electrons. The molecule has 84 valence electrons. The fourth-order valence-electron chi connectivity index (χ4n) is 1.21. The third kappa shape index (κ3) is 1.94. The molecule has 0 spiro atoms. The molecule has 1 atom stereocenters. The van der Waals surface area contributed by atoms with Crippen molar-refractivity contribution in [3.63, 3.8) is 0 Å². The van der Waals surface area contributed by atoms with Crippen LogP contribution in [0.25, 0.3) is 11.5 Å². The van der Waals surface area contributed by atoms with E-state index in [1.807, 2.05) is 32.0 Å². The van der Waals surface area contributed by atoms with Crippen molar-refractivity contribution in [1.82, 2.24) is 15.1 Å². The summed E-state index contributed by atoms with van der Waals surface area (Å²) in [5.74, 6) is 0.913. The van der Waals surface area contributed by atoms with Gasteiger partial charge in [-0.05, 0) is 25.5 Å². The summed E-state index contributed by atoms with van der Waals surface area (Å²) in [6.45, 7) is 3.84. The third-order valence-corrected chi connectivity index (χ3v) is 2.54. The molecule has 0 aliphatic heterocycles. The first-order chi connectivity index (χ1) is 7.63. The van der Waals surface area contributed by atoms with E-state index in [9.17, 15) is 0 Å². The molecule has 2 heterocycles. The maximum Gasteiger partial charge on any atom is 0.246 e. The maximum absolute atomic E-state index is 6.01. The second kappa shape index (κ2) is 4.02. The van der Waals surface area contributed by atoms with Crippen molar-refractivity contribution in [1.29, 1.82) is 0 Å². The van der Waals surface area contributed by atoms with Crippen LogP contribution in [-0.2, 0) is 5.54 Å². The van der Waals surface area contributed by atoms with E-state index in [0.29, 0.717) is 17.4 Å². The largest absolute Gasteiger partial charge is 0.337 e. The van der Waals surface area contributed by atoms with Gasteiger partial charge in [0, 0.05) is 6.20 Å². The van der Waals surface area contributed by atoms with Gasteiger partial charge in [-0.2, -0.15) is 4.98 Å². The van der Waals surface area contributed by atoms with Gasteiger partial charge in [0.05, 0.1) is 5.54 Å². The number of nitrogens with two attached hydrogens (primary N) is 1. The third-order valence-electron chi connectivity index (χ3n) is 2.54. The van der Waals surface area contributed by atoms with Crippen LogP contribution in [-0.4, -0.2) is 15.1 Å². The van der Waals surface area contributed by atoms with Crippen molar-refractivity contribution in [2.45, 2.75) is 25.8 Å². The van der Waals surface area contributed by atoms with Gasteiger partial charge in [0.2, 0.25) is 11.7 Å². The summed E-state index contributed by atoms with van der Waals surface area (Å²) in [6, 6.07) is 5.54. The highest BCUT2D eigenvalue weighted by atomic mass is 16.5. The van der Waals surface area contributed by atoms with Crippen molar-refractivity contribution in [3.05, 3.63) is 30.3 Å². The molecule has 0 aliphatic rings. The van der Waals surface area contributed by atoms with Gasteiger partial charge in [0.1, 0.15) is 5.69 Å². The Morgan fingerprint density at radius 1 is 1.44 bits per heavy atom. The smallest absolute Gasteiger partial charge is 0.246 e. The standard InChI is InChI=1S/C11H14N4O/c1-3-11(2,12)10-14-9(15-16-10)8-6-4-5-7-13-8/h4-7H,3,12H2,1-2H3. The van der Waals surface area contributed by atoms with E-state index in [2.05, 4.69) is 15.1 Å². The van der Waals surface area contributed by atoms with Crippen LogP contribution in [0, 0.1) is 0 Å². The molecule has 0 amide bonds. The Hall–Kier alpha value is -1.75. The molecule has 5 heteroatoms. The van der Waals surface area contributed by atoms with Crippen molar-refractivity contribution in [2.24, 2.45) is 5.73 Å². The Balaban J connectivity index is 2.34. The first-order valence-corrected chi connectivity index (χ1v) is 5.18. The Bertz CT molecular complexity index is 464. The van der Waals surface area contributed by atoms with Gasteiger partial charge >= 0.3 is 0 Å². The number of rotatable bonds is 3. The minimum atomic E-state index is -0.583. The predicted molar refractivity (Wildman–Crippen MR) is 59.4 cm³/mol. The predicted octanol–water partition coefficient (Wildman–Crippen LogP) is 1.72. The molecule has 2 aromatic rings. The molecule has 0 saturated carbocycles. The molecule has 2 N–H and O–H groups in total. The summed E-state index contributed by atoms with van der Waals surface area (Å²) in [7, 11) is 0. The highest BCUT2D eigenvalue weighted by Crippen LogP contribution is 2.21. The van der Waals surface area contributed by atoms with E-state index in [1.54, 1.807) is 6.20 Å². The highest BCUT2D eigenvalue weighted by Gasteiger charge is 2.26. The van der Waals surface area contributed by atoms with Crippen LogP contribution in [0.1, 0.15) is 26.2 Å². The minimum Gasteiger partial charge on any atom is -0.337 e. The number of hydrogen-bond acceptors (Lipinski definition) is 5. The van der Waals surface area contributed by atoms with Crippen LogP contribution in [0.15, 0.2) is 28.9 Å². The van der Waals surface area contributed by atoms with E-state index in [-0.39, 0.29) is 0 Å². The van der Waals surface area contributed by atoms with E-state index in [0.717, 1.165) is 6.42 Å². The van der Waals surface area contributed by atoms with E-state index in [4.69, 9.17) is 10.3 Å². The van der Waals surface area contributed by atoms with E-state index in [1.165, 1.54) is 0 Å². The van der Waals surface area contributed by atoms with Gasteiger partial charge in [-0.15, -0.1) is 0 Å². The lowest BCUT2D eigenvalue weighted by molar-refractivity contribution is 0.291. The first-order valence-electron chi connectivity index (χ1n) is 5.18. The van der Waals surface area contributed by atoms with Gasteiger partial charge in [0.25, 0.3) is 0 Å². The number of pyridine rings is 1. The fraction of sp³-hybridized carbons (Fsp3) is 0.364. The lowest BCUT2D eigenvalue weighted by Crippen LogP contribution is -2.32. The van der Waals surface area contributed by atoms with Crippen LogP contribution < -0.4 is 5.73 Å². The highest BCUT2D eigenvalue weighted by molar-refractivity contribution is 5.47. The van der Waals surface area contributed by atoms with Crippen LogP contribution in [0.3, 0.4) is 0 Å². The van der Waals surface area contributed by atoms with Gasteiger partial charge in [0.15, 0.2) is 0 Å². The zero-order valence-corrected chi connectivity index (χ0v) is 9.34. The molecular weight excluding hydrogens is 204 g/mol. The van der Waals surface area contributed by atoms with E-state index >= 15 is 0 Å². The van der Waals surface area contributed by atoms with Gasteiger partial charge in [-0.1, -0.05) is 18.1 Å². The van der Waals surface area contributed by atoms with Crippen molar-refractivity contribution in [2.75, 3.05) is 0 Å². The molecule has 16 heavy (non-hydrogen) atoms. The average molecular weight is 218 g/mol. The SMILES string of the molecule is CCC(C)(N)c1nc(-c2ccccn2)no1. The second-order valence-corrected chi connectivity index (χ2v) is 3.91. The monoisotopic (exact) mass is 218 g/mol. The summed E-state index contributed by atoms with van der Waals surface area (Å²) in [4.78, 5) is 8.40. The Morgan fingerprint density at radius 3 is 2.88 bits per heavy atom. The lowest BCUT2D eigenvalue weighted by Gasteiger charge is -2.16. The van der Waals surface area contributed by atoms with Crippen LogP contribution in [0.5, 0.6) is 0 Å². The molecular formula is C11H14N4O. The maximum atomic E-state index is 6.01. The quantitative estimate of drug-likeness (QED) is 0.848. The molecule has 2 aromatic heterocycles. The van der Waals surface area contributed by atoms with Crippen LogP contribution in [0.4, 0.5) is 0 Å². The second-order valence-electron chi connectivity index (χ2n) is 3.91. The number of aromatic nitrogens is 3. The van der Waals surface area contributed by atoms with Crippen LogP contribution >= 0.6 is 0 Å². The Labute approximate surface area is 93.7 Å². The van der Waals surface area contributed by atoms with Gasteiger partial charge in [-0.25, -0.2) is 0 Å². The molecule has 5 nitrogen and oxygen atoms in total. The summed E-state index contributed by atoms with van der Waals surface area (Å²) in [5, 5.41) is 3.87. The molecule has 0 saturated heterocycles. The first kappa shape index (κ1) is 10.8. The van der Waals surface area contributed by atoms with Crippen LogP contribution in [0.2, 0.25) is 0 Å². The normalized spacial score (nSPS) is 14.7. The fourth-order valence-corrected chi connectivity index (χ4v) is 1.21. The topological polar surface area (TPSA) is 77.8 Å². The van der Waals surface area contributed by atoms with E-state index < -0.39 is 5.54 Å². The van der Waals surface area contributed by atoms with Crippen molar-refractivity contribution < 1.29 is 4.52 Å². The van der Waals surface area contributed by atoms with Crippen molar-refractivity contribution >= 4 is 0 Å². The minimum absolute atomic E-state index is 0.440. The average Bonchev–Trinajstić information content (AvgIpc) is 2.80. The Kier molecular flexibility index (Phi) is 2.70. The summed E-state index contributed by atoms with van der Waals surface area (Å²) in [5.41, 5.74) is 6.11. The summed E-state index contributed by atoms with van der Waals surface area (Å²) >= 11 is 0. The number of hydrogen-bond donors (Lipinski definition) is 1. The molecule has 0 aromatic carbocycles. The zero-order chi connectivity index (χ0) is 11.6. The van der Waals surface area contributed by atoms with Gasteiger partial charge in [-0.3, -0.25) is 4.98 Å². The molecule has 2 rings (SSSR count). The zero-order valence-electron chi connectivity index (χ0n) is 9.34. The molecule has 0 bridgehead atoms. The lowest BCUT2D eigenvalue weighted by atomic mass is 10.0. The summed E-state index contributed by atoms with van der Waals surface area (Å²) < 4.78 is 5.15. The molecule has 0 aliphatic carbocycles. The summed E-state index contributed by atoms with van der Waals surface area (Å²) in [6.07, 6.45) is 2.42. The van der Waals surface area contributed by atoms with Gasteiger partial charge < -0.3 is 10.3 Å². The van der Waals surface area contributed by atoms with Crippen molar-refractivity contribution in [3.8, 4) is 11.5 Å². The number of nitrogens with zero attached hydrogens (tertiary/aromatic N) is 3. The molecule has 1 unspecified atom stereocenters. The molecule has 0 fully saturated rings. The Morgan fingerprint density at radius 2 is 2.25 bits per heavy atom.